The Balaban J connectivity index is 0.000000347. The predicted molar refractivity (Wildman–Crippen MR) is 53.3 cm³/mol. The lowest BCUT2D eigenvalue weighted by molar-refractivity contribution is -2.00. The molecule has 0 fully saturated rings. The molecule has 2 aromatic rings. The van der Waals surface area contributed by atoms with Crippen molar-refractivity contribution in [3.63, 3.8) is 0 Å². The first-order chi connectivity index (χ1) is 9.24. The molecule has 1 aromatic heterocycles. The van der Waals surface area contributed by atoms with Crippen LogP contribution in [-0.4, -0.2) is 12.0 Å². The van der Waals surface area contributed by atoms with Gasteiger partial charge in [0.25, 0.3) is 11.2 Å². The van der Waals surface area contributed by atoms with E-state index in [9.17, 15) is 10.1 Å². The Kier molecular flexibility index (Phi) is 5.13. The first kappa shape index (κ1) is 16.0. The molecule has 0 amide bonds. The van der Waals surface area contributed by atoms with E-state index in [4.69, 9.17) is 23.5 Å². The molecule has 0 atom stereocenters. The second kappa shape index (κ2) is 6.41. The molecule has 108 valence electrons. The fraction of sp³-hybridized carbons (Fsp3) is 0.100. The Bertz CT molecular complexity index is 608. The lowest BCUT2D eigenvalue weighted by Crippen LogP contribution is -2.68. The zero-order chi connectivity index (χ0) is 15.3. The molecule has 9 nitrogen and oxygen atoms in total. The summed E-state index contributed by atoms with van der Waals surface area (Å²) in [6.07, 6.45) is 1.70. The summed E-state index contributed by atoms with van der Waals surface area (Å²) in [4.78, 5) is 15.4. The van der Waals surface area contributed by atoms with Crippen molar-refractivity contribution in [2.24, 2.45) is 0 Å². The number of pyridine rings is 1. The summed E-state index contributed by atoms with van der Waals surface area (Å²) in [7, 11) is -3.43. The number of nitro groups is 1. The van der Waals surface area contributed by atoms with E-state index in [1.165, 1.54) is 17.9 Å². The largest absolute Gasteiger partial charge is 0.283 e. The van der Waals surface area contributed by atoms with Gasteiger partial charge < -0.3 is 0 Å². The molecule has 0 aliphatic heterocycles. The standard InChI is InChI=1S/C10H9N2O3.ClHO4/c1-15-11-7-3-4-8-9(11)5-2-6-10(8)12(13)14;2-1(3,4)5/h2-7H,1H3;(H,2,3,4,5)/q+1;/p-1. The van der Waals surface area contributed by atoms with Crippen LogP contribution < -0.4 is 28.2 Å². The van der Waals surface area contributed by atoms with Gasteiger partial charge in [0.2, 0.25) is 6.20 Å². The van der Waals surface area contributed by atoms with Crippen LogP contribution in [0, 0.1) is 20.4 Å². The van der Waals surface area contributed by atoms with Gasteiger partial charge in [0.05, 0.1) is 4.92 Å². The lowest BCUT2D eigenvalue weighted by atomic mass is 10.2. The van der Waals surface area contributed by atoms with E-state index in [1.807, 2.05) is 0 Å². The number of aromatic nitrogens is 1. The maximum atomic E-state index is 10.8. The molecule has 0 aliphatic rings. The second-order valence-corrected chi connectivity index (χ2v) is 4.12. The summed E-state index contributed by atoms with van der Waals surface area (Å²) < 4.78 is 35.5. The predicted octanol–water partition coefficient (Wildman–Crippen LogP) is -3.66. The van der Waals surface area contributed by atoms with Crippen molar-refractivity contribution < 1.29 is 43.4 Å². The highest BCUT2D eigenvalue weighted by atomic mass is 35.7. The van der Waals surface area contributed by atoms with Crippen LogP contribution in [0.3, 0.4) is 0 Å². The summed E-state index contributed by atoms with van der Waals surface area (Å²) in [6, 6.07) is 8.28. The number of hydrogen-bond donors (Lipinski definition) is 0. The van der Waals surface area contributed by atoms with Crippen LogP contribution in [0.25, 0.3) is 10.9 Å². The zero-order valence-electron chi connectivity index (χ0n) is 10.1. The summed E-state index contributed by atoms with van der Waals surface area (Å²) in [5, 5.41) is 11.3. The fourth-order valence-corrected chi connectivity index (χ4v) is 1.52. The molecule has 0 saturated carbocycles. The second-order valence-electron chi connectivity index (χ2n) is 3.36. The number of nitrogens with zero attached hydrogens (tertiary/aromatic N) is 2. The molecule has 0 N–H and O–H groups in total. The first-order valence-electron chi connectivity index (χ1n) is 4.98. The number of non-ortho nitro benzene ring substituents is 1. The van der Waals surface area contributed by atoms with Crippen molar-refractivity contribution in [3.8, 4) is 0 Å². The summed E-state index contributed by atoms with van der Waals surface area (Å²) >= 11 is 0. The molecule has 1 aromatic carbocycles. The summed E-state index contributed by atoms with van der Waals surface area (Å²) in [5.41, 5.74) is 0.758. The maximum Gasteiger partial charge on any atom is 0.283 e. The first-order valence-corrected chi connectivity index (χ1v) is 6.21. The molecule has 0 unspecified atom stereocenters. The molecule has 1 heterocycles. The van der Waals surface area contributed by atoms with Crippen LogP contribution in [0.15, 0.2) is 36.5 Å². The van der Waals surface area contributed by atoms with Crippen molar-refractivity contribution in [3.05, 3.63) is 46.6 Å². The molecule has 20 heavy (non-hydrogen) atoms. The highest BCUT2D eigenvalue weighted by Gasteiger charge is 2.17. The Hall–Kier alpha value is -2.04. The molecule has 0 radical (unpaired) electrons. The number of fused-ring (bicyclic) bond motifs is 1. The van der Waals surface area contributed by atoms with Gasteiger partial charge in [0.1, 0.15) is 12.5 Å². The van der Waals surface area contributed by atoms with Gasteiger partial charge in [0.15, 0.2) is 0 Å². The van der Waals surface area contributed by atoms with E-state index in [0.29, 0.717) is 10.9 Å². The number of halogens is 1. The van der Waals surface area contributed by atoms with E-state index >= 15 is 0 Å². The van der Waals surface area contributed by atoms with Crippen LogP contribution >= 0.6 is 0 Å². The van der Waals surface area contributed by atoms with Gasteiger partial charge in [-0.05, 0) is 12.1 Å². The van der Waals surface area contributed by atoms with E-state index in [1.54, 1.807) is 30.5 Å². The fourth-order valence-electron chi connectivity index (χ4n) is 1.52. The summed E-state index contributed by atoms with van der Waals surface area (Å²) in [5.74, 6) is 0. The monoisotopic (exact) mass is 304 g/mol. The van der Waals surface area contributed by atoms with Gasteiger partial charge in [0, 0.05) is 22.9 Å². The van der Waals surface area contributed by atoms with Crippen LogP contribution in [-0.2, 0) is 0 Å². The van der Waals surface area contributed by atoms with Crippen molar-refractivity contribution in [2.75, 3.05) is 7.11 Å². The Morgan fingerprint density at radius 1 is 1.15 bits per heavy atom. The van der Waals surface area contributed by atoms with Crippen molar-refractivity contribution in [1.82, 2.24) is 0 Å². The minimum absolute atomic E-state index is 0.0823. The quantitative estimate of drug-likeness (QED) is 0.315. The highest BCUT2D eigenvalue weighted by Crippen LogP contribution is 2.22. The van der Waals surface area contributed by atoms with Crippen LogP contribution in [0.1, 0.15) is 0 Å². The molecular weight excluding hydrogens is 296 g/mol. The number of nitro benzene ring substituents is 1. The molecular formula is C10H9ClN2O7. The van der Waals surface area contributed by atoms with Gasteiger partial charge in [-0.25, -0.2) is 18.6 Å². The van der Waals surface area contributed by atoms with Gasteiger partial charge in [-0.3, -0.25) is 15.0 Å². The smallest absolute Gasteiger partial charge is 0.274 e. The summed E-state index contributed by atoms with van der Waals surface area (Å²) in [6.45, 7) is 0. The molecule has 0 bridgehead atoms. The average Bonchev–Trinajstić information content (AvgIpc) is 2.35. The van der Waals surface area contributed by atoms with E-state index in [2.05, 4.69) is 0 Å². The number of rotatable bonds is 2. The topological polar surface area (TPSA) is 148 Å². The normalized spacial score (nSPS) is 10.7. The van der Waals surface area contributed by atoms with E-state index < -0.39 is 15.2 Å². The van der Waals surface area contributed by atoms with E-state index in [-0.39, 0.29) is 5.69 Å². The number of hydrogen-bond acceptors (Lipinski definition) is 7. The minimum atomic E-state index is -4.94. The van der Waals surface area contributed by atoms with Crippen LogP contribution in [0.4, 0.5) is 5.69 Å². The molecule has 0 spiro atoms. The van der Waals surface area contributed by atoms with E-state index in [0.717, 1.165) is 0 Å². The molecule has 0 aliphatic carbocycles. The van der Waals surface area contributed by atoms with Crippen LogP contribution in [0.2, 0.25) is 0 Å². The van der Waals surface area contributed by atoms with Crippen molar-refractivity contribution in [1.29, 1.82) is 0 Å². The Labute approximate surface area is 114 Å². The van der Waals surface area contributed by atoms with Gasteiger partial charge in [-0.1, -0.05) is 0 Å². The number of benzene rings is 1. The van der Waals surface area contributed by atoms with Gasteiger partial charge in [-0.2, -0.15) is 0 Å². The average molecular weight is 305 g/mol. The lowest BCUT2D eigenvalue weighted by Gasteiger charge is -2.17. The zero-order valence-corrected chi connectivity index (χ0v) is 10.9. The Morgan fingerprint density at radius 2 is 1.75 bits per heavy atom. The Morgan fingerprint density at radius 3 is 2.25 bits per heavy atom. The minimum Gasteiger partial charge on any atom is -0.274 e. The van der Waals surface area contributed by atoms with Crippen molar-refractivity contribution >= 4 is 16.6 Å². The third-order valence-electron chi connectivity index (χ3n) is 2.18. The maximum absolute atomic E-state index is 10.8. The SMILES string of the molecule is CO[n+]1cccc2c([N+](=O)[O-])cccc21.[O-][Cl+3]([O-])([O-])[O-]. The van der Waals surface area contributed by atoms with Gasteiger partial charge >= 0.3 is 0 Å². The third-order valence-corrected chi connectivity index (χ3v) is 2.18. The van der Waals surface area contributed by atoms with Crippen molar-refractivity contribution in [2.45, 2.75) is 0 Å². The van der Waals surface area contributed by atoms with Gasteiger partial charge in [-0.15, -0.1) is 10.2 Å². The van der Waals surface area contributed by atoms with Crippen LogP contribution in [0.5, 0.6) is 0 Å². The third kappa shape index (κ3) is 4.57. The molecule has 2 rings (SSSR count). The molecule has 10 heteroatoms. The molecule has 0 saturated heterocycles. The highest BCUT2D eigenvalue weighted by molar-refractivity contribution is 5.85.